The first-order chi connectivity index (χ1) is 13.0. The Morgan fingerprint density at radius 1 is 1.04 bits per heavy atom. The van der Waals surface area contributed by atoms with E-state index in [2.05, 4.69) is 5.32 Å². The zero-order valence-electron chi connectivity index (χ0n) is 15.6. The second kappa shape index (κ2) is 10.1. The van der Waals surface area contributed by atoms with Crippen LogP contribution in [0.15, 0.2) is 54.6 Å². The molecule has 0 atom stereocenters. The maximum Gasteiger partial charge on any atom is 0.337 e. The van der Waals surface area contributed by atoms with Crippen LogP contribution >= 0.6 is 0 Å². The lowest BCUT2D eigenvalue weighted by Crippen LogP contribution is -2.37. The van der Waals surface area contributed by atoms with Crippen molar-refractivity contribution in [3.63, 3.8) is 0 Å². The molecule has 0 saturated heterocycles. The van der Waals surface area contributed by atoms with Crippen LogP contribution in [0.25, 0.3) is 0 Å². The predicted octanol–water partition coefficient (Wildman–Crippen LogP) is 2.58. The molecule has 6 heteroatoms. The van der Waals surface area contributed by atoms with Crippen molar-refractivity contribution in [3.8, 4) is 0 Å². The second-order valence-electron chi connectivity index (χ2n) is 6.05. The molecule has 1 N–H and O–H groups in total. The van der Waals surface area contributed by atoms with Gasteiger partial charge in [0, 0.05) is 32.1 Å². The first-order valence-electron chi connectivity index (χ1n) is 8.78. The van der Waals surface area contributed by atoms with Crippen molar-refractivity contribution in [2.75, 3.05) is 25.1 Å². The van der Waals surface area contributed by atoms with E-state index in [0.29, 0.717) is 37.2 Å². The summed E-state index contributed by atoms with van der Waals surface area (Å²) in [6.45, 7) is 2.09. The van der Waals surface area contributed by atoms with Crippen LogP contribution in [-0.4, -0.2) is 38.0 Å². The molecule has 0 saturated carbocycles. The molecular formula is C21H24N2O4. The summed E-state index contributed by atoms with van der Waals surface area (Å²) in [5, 5.41) is 2.83. The number of aryl methyl sites for hydroxylation is 1. The van der Waals surface area contributed by atoms with Crippen molar-refractivity contribution in [2.24, 2.45) is 0 Å². The molecule has 142 valence electrons. The van der Waals surface area contributed by atoms with Gasteiger partial charge in [0.05, 0.1) is 12.7 Å². The Balaban J connectivity index is 1.88. The number of esters is 1. The van der Waals surface area contributed by atoms with Crippen molar-refractivity contribution in [3.05, 3.63) is 65.7 Å². The zero-order chi connectivity index (χ0) is 19.6. The predicted molar refractivity (Wildman–Crippen MR) is 104 cm³/mol. The van der Waals surface area contributed by atoms with Gasteiger partial charge in [0.1, 0.15) is 0 Å². The summed E-state index contributed by atoms with van der Waals surface area (Å²) in [4.78, 5) is 37.2. The molecule has 6 nitrogen and oxygen atoms in total. The molecule has 2 amide bonds. The maximum atomic E-state index is 12.0. The number of benzene rings is 2. The summed E-state index contributed by atoms with van der Waals surface area (Å²) in [6, 6.07) is 16.5. The van der Waals surface area contributed by atoms with E-state index in [1.807, 2.05) is 30.3 Å². The Labute approximate surface area is 159 Å². The second-order valence-corrected chi connectivity index (χ2v) is 6.05. The van der Waals surface area contributed by atoms with Gasteiger partial charge in [-0.25, -0.2) is 4.79 Å². The Bertz CT molecular complexity index is 790. The molecule has 0 fully saturated rings. The van der Waals surface area contributed by atoms with E-state index in [-0.39, 0.29) is 11.8 Å². The molecule has 0 aliphatic heterocycles. The van der Waals surface area contributed by atoms with Crippen molar-refractivity contribution < 1.29 is 19.1 Å². The van der Waals surface area contributed by atoms with E-state index in [4.69, 9.17) is 4.74 Å². The van der Waals surface area contributed by atoms with Crippen LogP contribution in [0.3, 0.4) is 0 Å². The Kier molecular flexibility index (Phi) is 7.55. The van der Waals surface area contributed by atoms with E-state index < -0.39 is 5.97 Å². The Hall–Kier alpha value is -3.15. The van der Waals surface area contributed by atoms with Gasteiger partial charge in [0.15, 0.2) is 0 Å². The fourth-order valence-corrected chi connectivity index (χ4v) is 2.69. The highest BCUT2D eigenvalue weighted by Crippen LogP contribution is 2.17. The minimum Gasteiger partial charge on any atom is -0.465 e. The van der Waals surface area contributed by atoms with Gasteiger partial charge in [-0.3, -0.25) is 9.59 Å². The molecular weight excluding hydrogens is 344 g/mol. The molecule has 0 aliphatic rings. The topological polar surface area (TPSA) is 75.7 Å². The summed E-state index contributed by atoms with van der Waals surface area (Å²) in [7, 11) is 1.31. The number of hydrogen-bond donors (Lipinski definition) is 1. The van der Waals surface area contributed by atoms with Crippen LogP contribution in [0, 0.1) is 0 Å². The van der Waals surface area contributed by atoms with E-state index in [1.165, 1.54) is 18.9 Å². The van der Waals surface area contributed by atoms with E-state index in [0.717, 1.165) is 5.56 Å². The monoisotopic (exact) mass is 368 g/mol. The number of hydrogen-bond acceptors (Lipinski definition) is 4. The van der Waals surface area contributed by atoms with Crippen LogP contribution in [-0.2, 0) is 20.7 Å². The SMILES string of the molecule is COC(=O)c1cccc(N(CCNC(=O)CCc2ccccc2)C(C)=O)c1. The maximum absolute atomic E-state index is 12.0. The first-order valence-corrected chi connectivity index (χ1v) is 8.78. The minimum atomic E-state index is -0.463. The molecule has 2 aromatic carbocycles. The summed E-state index contributed by atoms with van der Waals surface area (Å²) < 4.78 is 4.71. The number of methoxy groups -OCH3 is 1. The van der Waals surface area contributed by atoms with Crippen molar-refractivity contribution >= 4 is 23.5 Å². The van der Waals surface area contributed by atoms with Crippen LogP contribution in [0.5, 0.6) is 0 Å². The number of nitrogens with zero attached hydrogens (tertiary/aromatic N) is 1. The number of ether oxygens (including phenoxy) is 1. The van der Waals surface area contributed by atoms with Crippen molar-refractivity contribution in [1.82, 2.24) is 5.32 Å². The number of anilines is 1. The summed E-state index contributed by atoms with van der Waals surface area (Å²) in [5.41, 5.74) is 2.06. The van der Waals surface area contributed by atoms with Crippen molar-refractivity contribution in [1.29, 1.82) is 0 Å². The highest BCUT2D eigenvalue weighted by atomic mass is 16.5. The lowest BCUT2D eigenvalue weighted by molar-refractivity contribution is -0.121. The standard InChI is InChI=1S/C21H24N2O4/c1-16(24)23(19-10-6-9-18(15-19)21(26)27-2)14-13-22-20(25)12-11-17-7-4-3-5-8-17/h3-10,15H,11-14H2,1-2H3,(H,22,25). The molecule has 2 rings (SSSR count). The lowest BCUT2D eigenvalue weighted by Gasteiger charge is -2.22. The smallest absolute Gasteiger partial charge is 0.337 e. The highest BCUT2D eigenvalue weighted by Gasteiger charge is 2.14. The van der Waals surface area contributed by atoms with E-state index in [1.54, 1.807) is 24.3 Å². The van der Waals surface area contributed by atoms with E-state index in [9.17, 15) is 14.4 Å². The number of nitrogens with one attached hydrogen (secondary N) is 1. The number of carbonyl (C=O) groups is 3. The third-order valence-corrected chi connectivity index (χ3v) is 4.10. The van der Waals surface area contributed by atoms with Gasteiger partial charge in [0.2, 0.25) is 11.8 Å². The molecule has 2 aromatic rings. The number of amides is 2. The largest absolute Gasteiger partial charge is 0.465 e. The van der Waals surface area contributed by atoms with Crippen molar-refractivity contribution in [2.45, 2.75) is 19.8 Å². The van der Waals surface area contributed by atoms with Crippen LogP contribution in [0.2, 0.25) is 0 Å². The van der Waals surface area contributed by atoms with Crippen LogP contribution < -0.4 is 10.2 Å². The molecule has 0 bridgehead atoms. The Morgan fingerprint density at radius 3 is 2.44 bits per heavy atom. The summed E-state index contributed by atoms with van der Waals surface area (Å²) in [5.74, 6) is -0.698. The quantitative estimate of drug-likeness (QED) is 0.727. The van der Waals surface area contributed by atoms with Gasteiger partial charge in [-0.2, -0.15) is 0 Å². The van der Waals surface area contributed by atoms with Gasteiger partial charge >= 0.3 is 5.97 Å². The minimum absolute atomic E-state index is 0.0642. The molecule has 0 spiro atoms. The van der Waals surface area contributed by atoms with Gasteiger partial charge in [-0.1, -0.05) is 36.4 Å². The van der Waals surface area contributed by atoms with Gasteiger partial charge in [-0.15, -0.1) is 0 Å². The molecule has 0 aliphatic carbocycles. The average Bonchev–Trinajstić information content (AvgIpc) is 2.69. The fraction of sp³-hybridized carbons (Fsp3) is 0.286. The molecule has 27 heavy (non-hydrogen) atoms. The highest BCUT2D eigenvalue weighted by molar-refractivity contribution is 5.95. The summed E-state index contributed by atoms with van der Waals surface area (Å²) >= 11 is 0. The van der Waals surface area contributed by atoms with E-state index >= 15 is 0 Å². The van der Waals surface area contributed by atoms with Gasteiger partial charge in [0.25, 0.3) is 0 Å². The molecule has 0 aromatic heterocycles. The number of carbonyl (C=O) groups excluding carboxylic acids is 3. The van der Waals surface area contributed by atoms with Gasteiger partial charge < -0.3 is 15.0 Å². The Morgan fingerprint density at radius 2 is 1.78 bits per heavy atom. The van der Waals surface area contributed by atoms with Gasteiger partial charge in [-0.05, 0) is 30.2 Å². The zero-order valence-corrected chi connectivity index (χ0v) is 15.6. The fourth-order valence-electron chi connectivity index (χ4n) is 2.69. The number of rotatable bonds is 8. The molecule has 0 unspecified atom stereocenters. The third-order valence-electron chi connectivity index (χ3n) is 4.10. The van der Waals surface area contributed by atoms with Crippen LogP contribution in [0.1, 0.15) is 29.3 Å². The summed E-state index contributed by atoms with van der Waals surface area (Å²) in [6.07, 6.45) is 1.06. The lowest BCUT2D eigenvalue weighted by atomic mass is 10.1. The normalized spacial score (nSPS) is 10.1. The third kappa shape index (κ3) is 6.26. The molecule has 0 radical (unpaired) electrons. The molecule has 0 heterocycles. The first kappa shape index (κ1) is 20.2. The van der Waals surface area contributed by atoms with Crippen LogP contribution in [0.4, 0.5) is 5.69 Å². The average molecular weight is 368 g/mol.